The molecular formula is C18H20N4O. The standard InChI is InChI=1S/C18H20N4O/c1-3-22-13-16(12-19-22)18(23)20-14(2)15-6-8-17(9-7-15)21-10-4-5-11-21/h4-14H,3H2,1-2H3,(H,20,23). The Balaban J connectivity index is 1.68. The Kier molecular flexibility index (Phi) is 4.28. The van der Waals surface area contributed by atoms with Gasteiger partial charge >= 0.3 is 0 Å². The van der Waals surface area contributed by atoms with Crippen LogP contribution in [0, 0.1) is 0 Å². The van der Waals surface area contributed by atoms with Gasteiger partial charge in [-0.25, -0.2) is 0 Å². The van der Waals surface area contributed by atoms with Gasteiger partial charge in [0.1, 0.15) is 0 Å². The summed E-state index contributed by atoms with van der Waals surface area (Å²) in [6.45, 7) is 4.72. The number of hydrogen-bond acceptors (Lipinski definition) is 2. The van der Waals surface area contributed by atoms with Gasteiger partial charge in [-0.05, 0) is 43.7 Å². The molecule has 1 unspecified atom stereocenters. The summed E-state index contributed by atoms with van der Waals surface area (Å²) in [7, 11) is 0. The van der Waals surface area contributed by atoms with Gasteiger partial charge in [0.15, 0.2) is 0 Å². The smallest absolute Gasteiger partial charge is 0.254 e. The van der Waals surface area contributed by atoms with Crippen molar-refractivity contribution in [1.29, 1.82) is 0 Å². The lowest BCUT2D eigenvalue weighted by atomic mass is 10.1. The molecule has 2 aromatic heterocycles. The molecule has 3 aromatic rings. The Labute approximate surface area is 135 Å². The van der Waals surface area contributed by atoms with Crippen molar-refractivity contribution >= 4 is 5.91 Å². The summed E-state index contributed by atoms with van der Waals surface area (Å²) in [4.78, 5) is 12.2. The average Bonchev–Trinajstić information content (AvgIpc) is 3.26. The van der Waals surface area contributed by atoms with E-state index in [0.29, 0.717) is 5.56 Å². The predicted octanol–water partition coefficient (Wildman–Crippen LogP) is 3.18. The highest BCUT2D eigenvalue weighted by Gasteiger charge is 2.13. The maximum atomic E-state index is 12.2. The van der Waals surface area contributed by atoms with Crippen LogP contribution in [-0.2, 0) is 6.54 Å². The van der Waals surface area contributed by atoms with Crippen molar-refractivity contribution in [2.45, 2.75) is 26.4 Å². The van der Waals surface area contributed by atoms with Crippen LogP contribution in [0.5, 0.6) is 0 Å². The normalized spacial score (nSPS) is 12.1. The zero-order chi connectivity index (χ0) is 16.2. The first-order valence-corrected chi connectivity index (χ1v) is 7.74. The molecule has 0 aliphatic rings. The van der Waals surface area contributed by atoms with Crippen molar-refractivity contribution in [2.75, 3.05) is 0 Å². The molecule has 0 aliphatic heterocycles. The molecule has 0 spiro atoms. The highest BCUT2D eigenvalue weighted by Crippen LogP contribution is 2.16. The van der Waals surface area contributed by atoms with E-state index in [0.717, 1.165) is 17.8 Å². The van der Waals surface area contributed by atoms with Gasteiger partial charge in [-0.15, -0.1) is 0 Å². The van der Waals surface area contributed by atoms with Gasteiger partial charge in [0, 0.05) is 30.8 Å². The molecule has 0 fully saturated rings. The number of benzene rings is 1. The van der Waals surface area contributed by atoms with Gasteiger partial charge in [0.25, 0.3) is 5.91 Å². The zero-order valence-electron chi connectivity index (χ0n) is 13.3. The fourth-order valence-electron chi connectivity index (χ4n) is 2.46. The van der Waals surface area contributed by atoms with Gasteiger partial charge in [-0.1, -0.05) is 12.1 Å². The Morgan fingerprint density at radius 2 is 1.91 bits per heavy atom. The fraction of sp³-hybridized carbons (Fsp3) is 0.222. The second-order valence-electron chi connectivity index (χ2n) is 5.46. The third-order valence-corrected chi connectivity index (χ3v) is 3.86. The minimum atomic E-state index is -0.105. The molecule has 1 aromatic carbocycles. The van der Waals surface area contributed by atoms with Crippen molar-refractivity contribution in [3.05, 3.63) is 72.3 Å². The SMILES string of the molecule is CCn1cc(C(=O)NC(C)c2ccc(-n3cccc3)cc2)cn1. The molecule has 0 bridgehead atoms. The first-order valence-electron chi connectivity index (χ1n) is 7.74. The second-order valence-corrected chi connectivity index (χ2v) is 5.46. The topological polar surface area (TPSA) is 51.9 Å². The third kappa shape index (κ3) is 3.34. The van der Waals surface area contributed by atoms with Crippen molar-refractivity contribution in [2.24, 2.45) is 0 Å². The predicted molar refractivity (Wildman–Crippen MR) is 89.6 cm³/mol. The van der Waals surface area contributed by atoms with Gasteiger partial charge in [0.2, 0.25) is 0 Å². The van der Waals surface area contributed by atoms with E-state index >= 15 is 0 Å². The maximum Gasteiger partial charge on any atom is 0.254 e. The van der Waals surface area contributed by atoms with Crippen LogP contribution >= 0.6 is 0 Å². The Morgan fingerprint density at radius 3 is 2.52 bits per heavy atom. The summed E-state index contributed by atoms with van der Waals surface area (Å²) in [6.07, 6.45) is 7.37. The largest absolute Gasteiger partial charge is 0.345 e. The minimum absolute atomic E-state index is 0.0637. The zero-order valence-corrected chi connectivity index (χ0v) is 13.3. The highest BCUT2D eigenvalue weighted by atomic mass is 16.1. The monoisotopic (exact) mass is 308 g/mol. The average molecular weight is 308 g/mol. The number of nitrogens with zero attached hydrogens (tertiary/aromatic N) is 3. The number of aromatic nitrogens is 3. The van der Waals surface area contributed by atoms with Crippen LogP contribution in [-0.4, -0.2) is 20.3 Å². The Hall–Kier alpha value is -2.82. The Morgan fingerprint density at radius 1 is 1.22 bits per heavy atom. The van der Waals surface area contributed by atoms with Crippen LogP contribution in [0.15, 0.2) is 61.2 Å². The van der Waals surface area contributed by atoms with E-state index in [1.165, 1.54) is 0 Å². The summed E-state index contributed by atoms with van der Waals surface area (Å²) in [5.41, 5.74) is 2.75. The quantitative estimate of drug-likeness (QED) is 0.787. The molecule has 1 amide bonds. The van der Waals surface area contributed by atoms with Crippen molar-refractivity contribution in [3.8, 4) is 5.69 Å². The number of amides is 1. The van der Waals surface area contributed by atoms with Crippen molar-refractivity contribution in [1.82, 2.24) is 19.7 Å². The first kappa shape index (κ1) is 15.1. The molecule has 5 nitrogen and oxygen atoms in total. The second kappa shape index (κ2) is 6.52. The lowest BCUT2D eigenvalue weighted by Crippen LogP contribution is -2.26. The van der Waals surface area contributed by atoms with Gasteiger partial charge in [0.05, 0.1) is 17.8 Å². The first-order chi connectivity index (χ1) is 11.2. The van der Waals surface area contributed by atoms with Crippen molar-refractivity contribution in [3.63, 3.8) is 0 Å². The van der Waals surface area contributed by atoms with Crippen LogP contribution in [0.3, 0.4) is 0 Å². The number of carbonyl (C=O) groups excluding carboxylic acids is 1. The lowest BCUT2D eigenvalue weighted by Gasteiger charge is -2.14. The number of nitrogens with one attached hydrogen (secondary N) is 1. The number of aryl methyl sites for hydroxylation is 1. The van der Waals surface area contributed by atoms with E-state index in [1.807, 2.05) is 67.2 Å². The van der Waals surface area contributed by atoms with E-state index in [2.05, 4.69) is 10.4 Å². The van der Waals surface area contributed by atoms with Gasteiger partial charge in [-0.2, -0.15) is 5.10 Å². The van der Waals surface area contributed by atoms with Crippen molar-refractivity contribution < 1.29 is 4.79 Å². The molecule has 0 saturated carbocycles. The van der Waals surface area contributed by atoms with E-state index in [9.17, 15) is 4.79 Å². The molecule has 118 valence electrons. The fourth-order valence-corrected chi connectivity index (χ4v) is 2.46. The van der Waals surface area contributed by atoms with Gasteiger partial charge in [-0.3, -0.25) is 9.48 Å². The summed E-state index contributed by atoms with van der Waals surface area (Å²) < 4.78 is 3.79. The van der Waals surface area contributed by atoms with E-state index in [4.69, 9.17) is 0 Å². The van der Waals surface area contributed by atoms with Crippen LogP contribution in [0.25, 0.3) is 5.69 Å². The summed E-state index contributed by atoms with van der Waals surface area (Å²) >= 11 is 0. The molecular weight excluding hydrogens is 288 g/mol. The molecule has 23 heavy (non-hydrogen) atoms. The molecule has 0 aliphatic carbocycles. The maximum absolute atomic E-state index is 12.2. The number of rotatable bonds is 5. The van der Waals surface area contributed by atoms with Crippen LogP contribution in [0.2, 0.25) is 0 Å². The lowest BCUT2D eigenvalue weighted by molar-refractivity contribution is 0.0940. The summed E-state index contributed by atoms with van der Waals surface area (Å²) in [5, 5.41) is 7.13. The van der Waals surface area contributed by atoms with Gasteiger partial charge < -0.3 is 9.88 Å². The summed E-state index contributed by atoms with van der Waals surface area (Å²) in [5.74, 6) is -0.105. The van der Waals surface area contributed by atoms with E-state index in [-0.39, 0.29) is 11.9 Å². The Bertz CT molecular complexity index is 772. The van der Waals surface area contributed by atoms with Crippen LogP contribution in [0.1, 0.15) is 35.8 Å². The number of carbonyl (C=O) groups is 1. The molecule has 1 N–H and O–H groups in total. The molecule has 0 radical (unpaired) electrons. The summed E-state index contributed by atoms with van der Waals surface area (Å²) in [6, 6.07) is 12.1. The van der Waals surface area contributed by atoms with Crippen LogP contribution < -0.4 is 5.32 Å². The molecule has 5 heteroatoms. The highest BCUT2D eigenvalue weighted by molar-refractivity contribution is 5.93. The van der Waals surface area contributed by atoms with E-state index < -0.39 is 0 Å². The number of hydrogen-bond donors (Lipinski definition) is 1. The molecule has 0 saturated heterocycles. The van der Waals surface area contributed by atoms with E-state index in [1.54, 1.807) is 17.1 Å². The minimum Gasteiger partial charge on any atom is -0.345 e. The van der Waals surface area contributed by atoms with Crippen LogP contribution in [0.4, 0.5) is 0 Å². The third-order valence-electron chi connectivity index (χ3n) is 3.86. The molecule has 2 heterocycles. The molecule has 3 rings (SSSR count). The molecule has 1 atom stereocenters.